The fourth-order valence-electron chi connectivity index (χ4n) is 1.27. The molecule has 0 heterocycles. The molecule has 0 fully saturated rings. The fraction of sp³-hybridized carbons (Fsp3) is 1.00. The summed E-state index contributed by atoms with van der Waals surface area (Å²) in [7, 11) is -1.53. The molecule has 0 aromatic rings. The summed E-state index contributed by atoms with van der Waals surface area (Å²) in [6, 6.07) is 0. The van der Waals surface area contributed by atoms with Crippen LogP contribution >= 0.6 is 12.6 Å². The second kappa shape index (κ2) is 11.9. The molecule has 0 saturated heterocycles. The van der Waals surface area contributed by atoms with Crippen molar-refractivity contribution in [2.45, 2.75) is 39.0 Å². The van der Waals surface area contributed by atoms with E-state index in [9.17, 15) is 0 Å². The summed E-state index contributed by atoms with van der Waals surface area (Å²) in [5.74, 6) is 0. The van der Waals surface area contributed by atoms with Gasteiger partial charge < -0.3 is 18.4 Å². The lowest BCUT2D eigenvalue weighted by Crippen LogP contribution is -2.54. The van der Waals surface area contributed by atoms with Crippen LogP contribution in [0.5, 0.6) is 0 Å². The molecule has 0 aliphatic carbocycles. The van der Waals surface area contributed by atoms with E-state index in [0.29, 0.717) is 19.8 Å². The molecule has 1 atom stereocenters. The van der Waals surface area contributed by atoms with Crippen molar-refractivity contribution in [3.63, 3.8) is 0 Å². The van der Waals surface area contributed by atoms with Gasteiger partial charge in [-0.15, -0.1) is 0 Å². The monoisotopic (exact) mass is 270 g/mol. The van der Waals surface area contributed by atoms with E-state index in [2.05, 4.69) is 19.6 Å². The Morgan fingerprint density at radius 1 is 0.938 bits per heavy atom. The third-order valence-corrected chi connectivity index (χ3v) is 6.44. The Balaban J connectivity index is 0. The molecule has 0 aromatic carbocycles. The van der Waals surface area contributed by atoms with Gasteiger partial charge in [0, 0.05) is 26.9 Å². The normalized spacial score (nSPS) is 12.9. The standard InChI is InChI=1S/C9H22O3SSi.CH4O/c1-5-9(13)14(10-6-2,11-7-3)12-8-4;1-2/h9,13H,5-8H2,1-4H3;2H,1H3. The summed E-state index contributed by atoms with van der Waals surface area (Å²) in [5, 5.41) is 7.00. The first kappa shape index (κ1) is 18.8. The third kappa shape index (κ3) is 6.22. The maximum Gasteiger partial charge on any atom is 0.514 e. The molecule has 0 radical (unpaired) electrons. The van der Waals surface area contributed by atoms with Gasteiger partial charge in [-0.05, 0) is 27.2 Å². The van der Waals surface area contributed by atoms with Gasteiger partial charge in [0.2, 0.25) is 0 Å². The van der Waals surface area contributed by atoms with Crippen LogP contribution in [-0.4, -0.2) is 45.7 Å². The minimum Gasteiger partial charge on any atom is -0.400 e. The highest BCUT2D eigenvalue weighted by atomic mass is 32.1. The van der Waals surface area contributed by atoms with Crippen LogP contribution in [0.3, 0.4) is 0 Å². The largest absolute Gasteiger partial charge is 0.514 e. The van der Waals surface area contributed by atoms with Crippen molar-refractivity contribution in [3.8, 4) is 0 Å². The number of hydrogen-bond acceptors (Lipinski definition) is 5. The summed E-state index contributed by atoms with van der Waals surface area (Å²) in [6.45, 7) is 9.77. The SMILES string of the molecule is CCO[Si](OCC)(OCC)C(S)CC.CO. The molecule has 16 heavy (non-hydrogen) atoms. The average Bonchev–Trinajstić information content (AvgIpc) is 2.31. The summed E-state index contributed by atoms with van der Waals surface area (Å²) in [5.41, 5.74) is 0. The number of aliphatic hydroxyl groups excluding tert-OH is 1. The molecule has 4 nitrogen and oxygen atoms in total. The molecular formula is C10H26O4SSi. The van der Waals surface area contributed by atoms with Crippen molar-refractivity contribution in [1.29, 1.82) is 0 Å². The van der Waals surface area contributed by atoms with Crippen LogP contribution in [0.1, 0.15) is 34.1 Å². The Bertz CT molecular complexity index is 132. The first-order valence-electron chi connectivity index (χ1n) is 5.71. The fourth-order valence-corrected chi connectivity index (χ4v) is 4.47. The van der Waals surface area contributed by atoms with E-state index in [1.165, 1.54) is 0 Å². The predicted molar refractivity (Wildman–Crippen MR) is 71.8 cm³/mol. The van der Waals surface area contributed by atoms with Crippen LogP contribution in [-0.2, 0) is 13.3 Å². The topological polar surface area (TPSA) is 47.9 Å². The van der Waals surface area contributed by atoms with E-state index < -0.39 is 8.80 Å². The van der Waals surface area contributed by atoms with Crippen LogP contribution in [0.15, 0.2) is 0 Å². The van der Waals surface area contributed by atoms with Crippen molar-refractivity contribution < 1.29 is 18.4 Å². The Morgan fingerprint density at radius 3 is 1.44 bits per heavy atom. The van der Waals surface area contributed by atoms with Crippen LogP contribution in [0.2, 0.25) is 0 Å². The second-order valence-corrected chi connectivity index (χ2v) is 6.71. The van der Waals surface area contributed by atoms with Gasteiger partial charge in [0.25, 0.3) is 0 Å². The van der Waals surface area contributed by atoms with Gasteiger partial charge in [-0.2, -0.15) is 12.6 Å². The van der Waals surface area contributed by atoms with Gasteiger partial charge in [0.05, 0.1) is 4.87 Å². The molecule has 1 unspecified atom stereocenters. The third-order valence-electron chi connectivity index (χ3n) is 1.83. The maximum absolute atomic E-state index is 7.00. The summed E-state index contributed by atoms with van der Waals surface area (Å²) < 4.78 is 17.0. The van der Waals surface area contributed by atoms with Gasteiger partial charge >= 0.3 is 8.80 Å². The minimum atomic E-state index is -2.53. The Kier molecular flexibility index (Phi) is 13.9. The smallest absolute Gasteiger partial charge is 0.400 e. The predicted octanol–water partition coefficient (Wildman–Crippen LogP) is 1.89. The quantitative estimate of drug-likeness (QED) is 0.522. The molecule has 0 aliphatic rings. The lowest BCUT2D eigenvalue weighted by molar-refractivity contribution is 0.0694. The van der Waals surface area contributed by atoms with Crippen molar-refractivity contribution in [2.24, 2.45) is 0 Å². The van der Waals surface area contributed by atoms with E-state index in [-0.39, 0.29) is 4.87 Å². The van der Waals surface area contributed by atoms with Gasteiger partial charge in [-0.1, -0.05) is 6.92 Å². The number of thiol groups is 1. The molecule has 0 amide bonds. The number of rotatable bonds is 8. The minimum absolute atomic E-state index is 0.0716. The highest BCUT2D eigenvalue weighted by Crippen LogP contribution is 2.21. The van der Waals surface area contributed by atoms with E-state index in [1.807, 2.05) is 20.8 Å². The van der Waals surface area contributed by atoms with Crippen LogP contribution < -0.4 is 0 Å². The van der Waals surface area contributed by atoms with E-state index in [4.69, 9.17) is 18.4 Å². The van der Waals surface area contributed by atoms with Crippen molar-refractivity contribution in [1.82, 2.24) is 0 Å². The molecule has 0 aliphatic heterocycles. The molecule has 6 heteroatoms. The van der Waals surface area contributed by atoms with Crippen LogP contribution in [0, 0.1) is 0 Å². The molecule has 0 aromatic heterocycles. The second-order valence-electron chi connectivity index (χ2n) is 2.83. The number of hydrogen-bond donors (Lipinski definition) is 2. The zero-order valence-electron chi connectivity index (χ0n) is 11.0. The lowest BCUT2D eigenvalue weighted by atomic mass is 10.6. The molecule has 100 valence electrons. The Labute approximate surface area is 106 Å². The van der Waals surface area contributed by atoms with Gasteiger partial charge in [0.15, 0.2) is 0 Å². The summed E-state index contributed by atoms with van der Waals surface area (Å²) in [6.07, 6.45) is 0.898. The van der Waals surface area contributed by atoms with Gasteiger partial charge in [-0.3, -0.25) is 0 Å². The van der Waals surface area contributed by atoms with Crippen molar-refractivity contribution in [3.05, 3.63) is 0 Å². The Hall–Kier alpha value is 0.407. The molecule has 0 rings (SSSR count). The first-order chi connectivity index (χ1) is 7.66. The van der Waals surface area contributed by atoms with E-state index in [1.54, 1.807) is 0 Å². The van der Waals surface area contributed by atoms with E-state index in [0.717, 1.165) is 13.5 Å². The summed E-state index contributed by atoms with van der Waals surface area (Å²) in [4.78, 5) is 0.0716. The van der Waals surface area contributed by atoms with E-state index >= 15 is 0 Å². The molecule has 0 bridgehead atoms. The van der Waals surface area contributed by atoms with Gasteiger partial charge in [-0.25, -0.2) is 0 Å². The number of aliphatic hydroxyl groups is 1. The molecule has 0 spiro atoms. The lowest BCUT2D eigenvalue weighted by Gasteiger charge is -2.32. The molecule has 0 saturated carbocycles. The Morgan fingerprint density at radius 2 is 1.25 bits per heavy atom. The van der Waals surface area contributed by atoms with Crippen LogP contribution in [0.4, 0.5) is 0 Å². The van der Waals surface area contributed by atoms with Gasteiger partial charge in [0.1, 0.15) is 0 Å². The van der Waals surface area contributed by atoms with Crippen molar-refractivity contribution >= 4 is 21.4 Å². The highest BCUT2D eigenvalue weighted by Gasteiger charge is 2.46. The average molecular weight is 270 g/mol. The van der Waals surface area contributed by atoms with Crippen LogP contribution in [0.25, 0.3) is 0 Å². The zero-order chi connectivity index (χ0) is 13.0. The maximum atomic E-state index is 7.00. The highest BCUT2D eigenvalue weighted by molar-refractivity contribution is 7.83. The van der Waals surface area contributed by atoms with Crippen molar-refractivity contribution in [2.75, 3.05) is 26.9 Å². The first-order valence-corrected chi connectivity index (χ1v) is 8.03. The summed E-state index contributed by atoms with van der Waals surface area (Å²) >= 11 is 4.50. The molecule has 1 N–H and O–H groups in total. The zero-order valence-corrected chi connectivity index (χ0v) is 12.9. The molecular weight excluding hydrogens is 244 g/mol.